The topological polar surface area (TPSA) is 12.0 Å². The van der Waals surface area contributed by atoms with E-state index in [0.29, 0.717) is 0 Å². The molecule has 1 fully saturated rings. The van der Waals surface area contributed by atoms with E-state index in [2.05, 4.69) is 48.3 Å². The average molecular weight is 249 g/mol. The molecule has 17 heavy (non-hydrogen) atoms. The van der Waals surface area contributed by atoms with Crippen LogP contribution in [0.3, 0.4) is 0 Å². The molecule has 0 aromatic heterocycles. The number of hydrogen-bond donors (Lipinski definition) is 1. The van der Waals surface area contributed by atoms with E-state index in [1.807, 2.05) is 7.05 Å². The lowest BCUT2D eigenvalue weighted by atomic mass is 9.91. The van der Waals surface area contributed by atoms with Crippen LogP contribution in [0.4, 0.5) is 0 Å². The van der Waals surface area contributed by atoms with Crippen LogP contribution in [-0.2, 0) is 6.54 Å². The highest BCUT2D eigenvalue weighted by Crippen LogP contribution is 2.35. The van der Waals surface area contributed by atoms with Gasteiger partial charge in [0.05, 0.1) is 0 Å². The van der Waals surface area contributed by atoms with Crippen LogP contribution in [-0.4, -0.2) is 12.3 Å². The van der Waals surface area contributed by atoms with Crippen molar-refractivity contribution in [2.45, 2.75) is 49.3 Å². The fraction of sp³-hybridized carbons (Fsp3) is 0.600. The summed E-state index contributed by atoms with van der Waals surface area (Å²) in [4.78, 5) is 1.43. The summed E-state index contributed by atoms with van der Waals surface area (Å²) in [5.41, 5.74) is 1.37. The lowest BCUT2D eigenvalue weighted by molar-refractivity contribution is 0.393. The number of thioether (sulfide) groups is 1. The second-order valence-corrected chi connectivity index (χ2v) is 6.55. The van der Waals surface area contributed by atoms with Crippen LogP contribution in [0.5, 0.6) is 0 Å². The second-order valence-electron chi connectivity index (χ2n) is 5.17. The van der Waals surface area contributed by atoms with E-state index in [1.54, 1.807) is 0 Å². The first kappa shape index (κ1) is 13.0. The fourth-order valence-corrected chi connectivity index (χ4v) is 3.62. The monoisotopic (exact) mass is 249 g/mol. The van der Waals surface area contributed by atoms with Crippen molar-refractivity contribution in [3.8, 4) is 0 Å². The maximum absolute atomic E-state index is 3.18. The van der Waals surface area contributed by atoms with Crippen LogP contribution in [0.2, 0.25) is 0 Å². The first-order valence-corrected chi connectivity index (χ1v) is 7.56. The van der Waals surface area contributed by atoms with E-state index in [9.17, 15) is 0 Å². The summed E-state index contributed by atoms with van der Waals surface area (Å²) in [7, 11) is 1.99. The molecule has 2 rings (SSSR count). The summed E-state index contributed by atoms with van der Waals surface area (Å²) in [5.74, 6) is 0.949. The van der Waals surface area contributed by atoms with E-state index in [-0.39, 0.29) is 0 Å². The van der Waals surface area contributed by atoms with E-state index in [1.165, 1.54) is 36.1 Å². The summed E-state index contributed by atoms with van der Waals surface area (Å²) in [5, 5.41) is 4.03. The lowest BCUT2D eigenvalue weighted by Crippen LogP contribution is -2.13. The van der Waals surface area contributed by atoms with Crippen molar-refractivity contribution in [2.75, 3.05) is 7.05 Å². The fourth-order valence-electron chi connectivity index (χ4n) is 2.43. The molecule has 1 aromatic rings. The lowest BCUT2D eigenvalue weighted by Gasteiger charge is -2.25. The average Bonchev–Trinajstić information content (AvgIpc) is 2.35. The van der Waals surface area contributed by atoms with Gasteiger partial charge in [-0.2, -0.15) is 0 Å². The molecule has 0 spiro atoms. The number of hydrogen-bond acceptors (Lipinski definition) is 2. The molecule has 0 aliphatic heterocycles. The van der Waals surface area contributed by atoms with Gasteiger partial charge in [-0.25, -0.2) is 0 Å². The van der Waals surface area contributed by atoms with Gasteiger partial charge in [-0.15, -0.1) is 11.8 Å². The van der Waals surface area contributed by atoms with Crippen molar-refractivity contribution >= 4 is 11.8 Å². The predicted octanol–water partition coefficient (Wildman–Crippen LogP) is 4.08. The van der Waals surface area contributed by atoms with Crippen LogP contribution in [0.1, 0.15) is 38.2 Å². The molecule has 0 saturated heterocycles. The molecule has 0 atom stereocenters. The molecular weight excluding hydrogens is 226 g/mol. The summed E-state index contributed by atoms with van der Waals surface area (Å²) in [6.45, 7) is 3.35. The Morgan fingerprint density at radius 2 is 1.76 bits per heavy atom. The Balaban J connectivity index is 1.86. The van der Waals surface area contributed by atoms with Gasteiger partial charge in [-0.3, -0.25) is 0 Å². The minimum atomic E-state index is 0.848. The van der Waals surface area contributed by atoms with Crippen molar-refractivity contribution in [3.63, 3.8) is 0 Å². The first-order chi connectivity index (χ1) is 8.28. The van der Waals surface area contributed by atoms with Gasteiger partial charge in [0, 0.05) is 16.7 Å². The predicted molar refractivity (Wildman–Crippen MR) is 76.5 cm³/mol. The largest absolute Gasteiger partial charge is 0.316 e. The highest BCUT2D eigenvalue weighted by Gasteiger charge is 2.18. The van der Waals surface area contributed by atoms with Crippen molar-refractivity contribution in [1.82, 2.24) is 5.32 Å². The number of benzene rings is 1. The Morgan fingerprint density at radius 1 is 1.12 bits per heavy atom. The van der Waals surface area contributed by atoms with Gasteiger partial charge in [0.25, 0.3) is 0 Å². The van der Waals surface area contributed by atoms with Crippen molar-refractivity contribution in [2.24, 2.45) is 5.92 Å². The Morgan fingerprint density at radius 3 is 2.35 bits per heavy atom. The van der Waals surface area contributed by atoms with Gasteiger partial charge in [0.2, 0.25) is 0 Å². The van der Waals surface area contributed by atoms with E-state index in [0.717, 1.165) is 17.7 Å². The molecule has 94 valence electrons. The van der Waals surface area contributed by atoms with Crippen LogP contribution in [0, 0.1) is 5.92 Å². The maximum atomic E-state index is 3.18. The molecule has 0 unspecified atom stereocenters. The molecule has 0 heterocycles. The molecule has 1 nitrogen and oxygen atoms in total. The Labute approximate surface area is 109 Å². The Hall–Kier alpha value is -0.470. The minimum absolute atomic E-state index is 0.848. The van der Waals surface area contributed by atoms with Gasteiger partial charge < -0.3 is 5.32 Å². The Bertz CT molecular complexity index is 325. The number of nitrogens with one attached hydrogen (secondary N) is 1. The Kier molecular flexibility index (Phi) is 4.93. The molecular formula is C15H23NS. The molecule has 0 radical (unpaired) electrons. The van der Waals surface area contributed by atoms with E-state index < -0.39 is 0 Å². The molecule has 2 heteroatoms. The van der Waals surface area contributed by atoms with Gasteiger partial charge in [-0.1, -0.05) is 19.1 Å². The van der Waals surface area contributed by atoms with Crippen molar-refractivity contribution in [3.05, 3.63) is 29.8 Å². The van der Waals surface area contributed by atoms with Crippen molar-refractivity contribution < 1.29 is 0 Å². The summed E-state index contributed by atoms with van der Waals surface area (Å²) in [6, 6.07) is 9.03. The molecule has 1 N–H and O–H groups in total. The second kappa shape index (κ2) is 6.46. The third-order valence-corrected chi connectivity index (χ3v) is 4.92. The van der Waals surface area contributed by atoms with Crippen LogP contribution < -0.4 is 5.32 Å². The zero-order valence-corrected chi connectivity index (χ0v) is 11.7. The molecule has 1 aliphatic carbocycles. The van der Waals surface area contributed by atoms with Gasteiger partial charge >= 0.3 is 0 Å². The van der Waals surface area contributed by atoms with Crippen LogP contribution in [0.25, 0.3) is 0 Å². The normalized spacial score (nSPS) is 24.8. The standard InChI is InChI=1S/C15H23NS/c1-12-3-7-14(8-4-12)17-15-9-5-13(6-10-15)11-16-2/h5-6,9-10,12,14,16H,3-4,7-8,11H2,1-2H3. The summed E-state index contributed by atoms with van der Waals surface area (Å²) < 4.78 is 0. The van der Waals surface area contributed by atoms with Gasteiger partial charge in [0.1, 0.15) is 0 Å². The smallest absolute Gasteiger partial charge is 0.0202 e. The number of rotatable bonds is 4. The molecule has 1 saturated carbocycles. The molecule has 1 aliphatic rings. The minimum Gasteiger partial charge on any atom is -0.316 e. The van der Waals surface area contributed by atoms with Crippen LogP contribution in [0.15, 0.2) is 29.2 Å². The molecule has 0 bridgehead atoms. The van der Waals surface area contributed by atoms with Crippen molar-refractivity contribution in [1.29, 1.82) is 0 Å². The summed E-state index contributed by atoms with van der Waals surface area (Å²) in [6.07, 6.45) is 5.61. The molecule has 1 aromatic carbocycles. The zero-order chi connectivity index (χ0) is 12.1. The van der Waals surface area contributed by atoms with E-state index in [4.69, 9.17) is 0 Å². The van der Waals surface area contributed by atoms with Gasteiger partial charge in [0.15, 0.2) is 0 Å². The SMILES string of the molecule is CNCc1ccc(SC2CCC(C)CC2)cc1. The molecule has 0 amide bonds. The highest BCUT2D eigenvalue weighted by atomic mass is 32.2. The quantitative estimate of drug-likeness (QED) is 0.863. The zero-order valence-electron chi connectivity index (χ0n) is 10.9. The van der Waals surface area contributed by atoms with Crippen LogP contribution >= 0.6 is 11.8 Å². The maximum Gasteiger partial charge on any atom is 0.0202 e. The summed E-state index contributed by atoms with van der Waals surface area (Å²) >= 11 is 2.07. The van der Waals surface area contributed by atoms with E-state index >= 15 is 0 Å². The van der Waals surface area contributed by atoms with Gasteiger partial charge in [-0.05, 0) is 56.3 Å². The third kappa shape index (κ3) is 4.04. The highest BCUT2D eigenvalue weighted by molar-refractivity contribution is 8.00. The first-order valence-electron chi connectivity index (χ1n) is 6.68. The third-order valence-electron chi connectivity index (χ3n) is 3.57.